The molecule has 2 rings (SSSR count). The lowest BCUT2D eigenvalue weighted by molar-refractivity contribution is 0.306. The number of anilines is 2. The maximum atomic E-state index is 11.6. The van der Waals surface area contributed by atoms with Gasteiger partial charge < -0.3 is 11.1 Å². The predicted octanol–water partition coefficient (Wildman–Crippen LogP) is 2.30. The smallest absolute Gasteiger partial charge is 0.240 e. The molecule has 0 spiro atoms. The highest BCUT2D eigenvalue weighted by Crippen LogP contribution is 2.41. The molecule has 0 saturated heterocycles. The molecule has 0 heterocycles. The molecule has 0 bridgehead atoms. The van der Waals surface area contributed by atoms with E-state index in [1.54, 1.807) is 12.1 Å². The molecule has 0 atom stereocenters. The third kappa shape index (κ3) is 3.24. The fourth-order valence-corrected chi connectivity index (χ4v) is 3.73. The van der Waals surface area contributed by atoms with E-state index in [9.17, 15) is 8.42 Å². The molecule has 1 aromatic rings. The first kappa shape index (κ1) is 15.1. The molecule has 1 saturated carbocycles. The number of primary sulfonamides is 1. The van der Waals surface area contributed by atoms with Gasteiger partial charge in [0.2, 0.25) is 10.0 Å². The van der Waals surface area contributed by atoms with E-state index in [-0.39, 0.29) is 10.3 Å². The highest BCUT2D eigenvalue weighted by molar-refractivity contribution is 7.89. The topological polar surface area (TPSA) is 98.2 Å². The third-order valence-electron chi connectivity index (χ3n) is 4.38. The number of hydrogen-bond acceptors (Lipinski definition) is 4. The van der Waals surface area contributed by atoms with Crippen LogP contribution in [0.15, 0.2) is 23.1 Å². The minimum Gasteiger partial charge on any atom is -0.399 e. The van der Waals surface area contributed by atoms with Gasteiger partial charge in [0.25, 0.3) is 0 Å². The van der Waals surface area contributed by atoms with Crippen molar-refractivity contribution in [2.24, 2.45) is 10.6 Å². The van der Waals surface area contributed by atoms with Crippen LogP contribution in [-0.4, -0.2) is 15.0 Å². The largest absolute Gasteiger partial charge is 0.399 e. The zero-order chi connectivity index (χ0) is 14.8. The first-order chi connectivity index (χ1) is 9.36. The summed E-state index contributed by atoms with van der Waals surface area (Å²) in [5.41, 5.74) is 6.86. The first-order valence-electron chi connectivity index (χ1n) is 7.02. The molecule has 0 unspecified atom stereocenters. The van der Waals surface area contributed by atoms with E-state index in [1.807, 2.05) is 0 Å². The van der Waals surface area contributed by atoms with Crippen LogP contribution in [0.3, 0.4) is 0 Å². The summed E-state index contributed by atoms with van der Waals surface area (Å²) in [4.78, 5) is 0.0711. The second-order valence-corrected chi connectivity index (χ2v) is 7.24. The van der Waals surface area contributed by atoms with Gasteiger partial charge in [-0.05, 0) is 42.9 Å². The van der Waals surface area contributed by atoms with Gasteiger partial charge >= 0.3 is 0 Å². The van der Waals surface area contributed by atoms with Crippen molar-refractivity contribution in [2.75, 3.05) is 17.6 Å². The summed E-state index contributed by atoms with van der Waals surface area (Å²) in [5, 5.41) is 8.52. The Morgan fingerprint density at radius 3 is 2.50 bits per heavy atom. The van der Waals surface area contributed by atoms with Crippen LogP contribution < -0.4 is 16.2 Å². The van der Waals surface area contributed by atoms with Crippen LogP contribution in [0.5, 0.6) is 0 Å². The van der Waals surface area contributed by atoms with Gasteiger partial charge in [-0.2, -0.15) is 0 Å². The van der Waals surface area contributed by atoms with Gasteiger partial charge in [0.05, 0.1) is 5.69 Å². The Morgan fingerprint density at radius 2 is 1.95 bits per heavy atom. The maximum absolute atomic E-state index is 11.6. The molecule has 0 radical (unpaired) electrons. The van der Waals surface area contributed by atoms with Crippen molar-refractivity contribution in [1.82, 2.24) is 0 Å². The van der Waals surface area contributed by atoms with Crippen LogP contribution in [0.1, 0.15) is 39.0 Å². The predicted molar refractivity (Wildman–Crippen MR) is 81.9 cm³/mol. The molecule has 20 heavy (non-hydrogen) atoms. The minimum atomic E-state index is -3.77. The molecule has 1 aliphatic rings. The van der Waals surface area contributed by atoms with Crippen molar-refractivity contribution >= 4 is 21.4 Å². The van der Waals surface area contributed by atoms with Crippen molar-refractivity contribution in [1.29, 1.82) is 0 Å². The zero-order valence-corrected chi connectivity index (χ0v) is 12.7. The van der Waals surface area contributed by atoms with Gasteiger partial charge in [0.15, 0.2) is 0 Å². The SMILES string of the molecule is CCC1(CNc2ccc(N)cc2S(N)(=O)=O)CCCC1. The van der Waals surface area contributed by atoms with E-state index < -0.39 is 10.0 Å². The van der Waals surface area contributed by atoms with Crippen LogP contribution >= 0.6 is 0 Å². The zero-order valence-electron chi connectivity index (χ0n) is 11.9. The van der Waals surface area contributed by atoms with Crippen molar-refractivity contribution < 1.29 is 8.42 Å². The lowest BCUT2D eigenvalue weighted by Crippen LogP contribution is -2.27. The highest BCUT2D eigenvalue weighted by Gasteiger charge is 2.32. The molecule has 0 aliphatic heterocycles. The van der Waals surface area contributed by atoms with Crippen LogP contribution in [-0.2, 0) is 10.0 Å². The summed E-state index contributed by atoms with van der Waals surface area (Å²) in [5.74, 6) is 0. The van der Waals surface area contributed by atoms with Gasteiger partial charge in [0.1, 0.15) is 4.90 Å². The molecule has 0 aromatic heterocycles. The average Bonchev–Trinajstić information content (AvgIpc) is 2.86. The summed E-state index contributed by atoms with van der Waals surface area (Å²) < 4.78 is 23.3. The summed E-state index contributed by atoms with van der Waals surface area (Å²) >= 11 is 0. The monoisotopic (exact) mass is 297 g/mol. The summed E-state index contributed by atoms with van der Waals surface area (Å²) in [6.45, 7) is 2.96. The lowest BCUT2D eigenvalue weighted by Gasteiger charge is -2.28. The molecule has 5 N–H and O–H groups in total. The summed E-state index contributed by atoms with van der Waals surface area (Å²) in [6.07, 6.45) is 5.98. The molecular formula is C14H23N3O2S. The van der Waals surface area contributed by atoms with E-state index in [0.717, 1.165) is 13.0 Å². The standard InChI is InChI=1S/C14H23N3O2S/c1-2-14(7-3-4-8-14)10-17-12-6-5-11(15)9-13(12)20(16,18)19/h5-6,9,17H,2-4,7-8,10,15H2,1H3,(H2,16,18,19). The quantitative estimate of drug-likeness (QED) is 0.726. The molecule has 1 fully saturated rings. The maximum Gasteiger partial charge on any atom is 0.240 e. The molecule has 1 aliphatic carbocycles. The van der Waals surface area contributed by atoms with Crippen LogP contribution in [0.2, 0.25) is 0 Å². The number of hydrogen-bond donors (Lipinski definition) is 3. The van der Waals surface area contributed by atoms with Gasteiger partial charge in [0, 0.05) is 12.2 Å². The molecule has 0 amide bonds. The van der Waals surface area contributed by atoms with Crippen LogP contribution in [0.25, 0.3) is 0 Å². The van der Waals surface area contributed by atoms with Gasteiger partial charge in [-0.15, -0.1) is 0 Å². The number of nitrogen functional groups attached to an aromatic ring is 1. The number of rotatable bonds is 5. The normalized spacial score (nSPS) is 18.1. The van der Waals surface area contributed by atoms with Crippen molar-refractivity contribution in [3.05, 3.63) is 18.2 Å². The van der Waals surface area contributed by atoms with Gasteiger partial charge in [-0.1, -0.05) is 19.8 Å². The van der Waals surface area contributed by atoms with E-state index in [1.165, 1.54) is 31.7 Å². The van der Waals surface area contributed by atoms with Crippen molar-refractivity contribution in [2.45, 2.75) is 43.9 Å². The molecular weight excluding hydrogens is 274 g/mol. The van der Waals surface area contributed by atoms with E-state index in [2.05, 4.69) is 12.2 Å². The molecule has 5 nitrogen and oxygen atoms in total. The van der Waals surface area contributed by atoms with Crippen molar-refractivity contribution in [3.63, 3.8) is 0 Å². The Bertz CT molecular complexity index is 578. The molecule has 112 valence electrons. The molecule has 1 aromatic carbocycles. The minimum absolute atomic E-state index is 0.0711. The average molecular weight is 297 g/mol. The fraction of sp³-hybridized carbons (Fsp3) is 0.571. The van der Waals surface area contributed by atoms with E-state index in [0.29, 0.717) is 11.4 Å². The van der Waals surface area contributed by atoms with Crippen LogP contribution in [0, 0.1) is 5.41 Å². The highest BCUT2D eigenvalue weighted by atomic mass is 32.2. The van der Waals surface area contributed by atoms with E-state index >= 15 is 0 Å². The van der Waals surface area contributed by atoms with Crippen LogP contribution in [0.4, 0.5) is 11.4 Å². The molecule has 6 heteroatoms. The number of benzene rings is 1. The Hall–Kier alpha value is -1.27. The van der Waals surface area contributed by atoms with E-state index in [4.69, 9.17) is 10.9 Å². The number of nitrogens with one attached hydrogen (secondary N) is 1. The van der Waals surface area contributed by atoms with Gasteiger partial charge in [-0.25, -0.2) is 13.6 Å². The summed E-state index contributed by atoms with van der Waals surface area (Å²) in [6, 6.07) is 4.78. The second-order valence-electron chi connectivity index (χ2n) is 5.71. The Morgan fingerprint density at radius 1 is 1.30 bits per heavy atom. The van der Waals surface area contributed by atoms with Crippen molar-refractivity contribution in [3.8, 4) is 0 Å². The second kappa shape index (κ2) is 5.61. The first-order valence-corrected chi connectivity index (χ1v) is 8.57. The third-order valence-corrected chi connectivity index (χ3v) is 5.33. The number of sulfonamides is 1. The lowest BCUT2D eigenvalue weighted by atomic mass is 9.83. The fourth-order valence-electron chi connectivity index (χ4n) is 2.98. The number of nitrogens with two attached hydrogens (primary N) is 2. The summed E-state index contributed by atoms with van der Waals surface area (Å²) in [7, 11) is -3.77. The Labute approximate surface area is 120 Å². The van der Waals surface area contributed by atoms with Gasteiger partial charge in [-0.3, -0.25) is 0 Å². The Balaban J connectivity index is 2.21. The Kier molecular flexibility index (Phi) is 4.25.